The SMILES string of the molecule is N[C]1NNc2ccccc21. The van der Waals surface area contributed by atoms with Gasteiger partial charge in [0.15, 0.2) is 0 Å². The zero-order chi connectivity index (χ0) is 6.97. The van der Waals surface area contributed by atoms with E-state index in [0.717, 1.165) is 11.3 Å². The quantitative estimate of drug-likeness (QED) is 0.481. The van der Waals surface area contributed by atoms with Crippen molar-refractivity contribution in [3.8, 4) is 0 Å². The van der Waals surface area contributed by atoms with Crippen molar-refractivity contribution in [2.24, 2.45) is 5.73 Å². The maximum absolute atomic E-state index is 5.59. The second-order valence-corrected chi connectivity index (χ2v) is 2.21. The maximum atomic E-state index is 5.59. The molecule has 1 aliphatic rings. The van der Waals surface area contributed by atoms with Gasteiger partial charge in [-0.05, 0) is 6.07 Å². The molecule has 1 radical (unpaired) electrons. The molecule has 4 N–H and O–H groups in total. The van der Waals surface area contributed by atoms with Crippen LogP contribution in [0.4, 0.5) is 5.69 Å². The Morgan fingerprint density at radius 1 is 1.10 bits per heavy atom. The van der Waals surface area contributed by atoms with Crippen LogP contribution in [0.1, 0.15) is 5.56 Å². The van der Waals surface area contributed by atoms with Crippen molar-refractivity contribution >= 4 is 5.69 Å². The van der Waals surface area contributed by atoms with Crippen LogP contribution in [0.5, 0.6) is 0 Å². The Morgan fingerprint density at radius 3 is 2.70 bits per heavy atom. The lowest BCUT2D eigenvalue weighted by Gasteiger charge is -1.97. The molecular formula is C7H8N3. The summed E-state index contributed by atoms with van der Waals surface area (Å²) in [7, 11) is 0. The third-order valence-electron chi connectivity index (χ3n) is 1.55. The molecule has 51 valence electrons. The highest BCUT2D eigenvalue weighted by molar-refractivity contribution is 5.60. The van der Waals surface area contributed by atoms with Gasteiger partial charge >= 0.3 is 0 Å². The third-order valence-corrected chi connectivity index (χ3v) is 1.55. The number of rotatable bonds is 0. The van der Waals surface area contributed by atoms with Gasteiger partial charge in [-0.15, -0.1) is 0 Å². The fraction of sp³-hybridized carbons (Fsp3) is 0. The first-order valence-corrected chi connectivity index (χ1v) is 3.12. The van der Waals surface area contributed by atoms with Gasteiger partial charge in [-0.2, -0.15) is 0 Å². The van der Waals surface area contributed by atoms with Crippen LogP contribution < -0.4 is 16.6 Å². The van der Waals surface area contributed by atoms with Crippen LogP contribution in [0.25, 0.3) is 0 Å². The van der Waals surface area contributed by atoms with Crippen LogP contribution in [0.15, 0.2) is 24.3 Å². The molecule has 0 aromatic heterocycles. The summed E-state index contributed by atoms with van der Waals surface area (Å²) in [6, 6.07) is 7.87. The summed E-state index contributed by atoms with van der Waals surface area (Å²) in [5.74, 6) is 0. The fourth-order valence-corrected chi connectivity index (χ4v) is 1.03. The average Bonchev–Trinajstić information content (AvgIpc) is 2.34. The van der Waals surface area contributed by atoms with Crippen LogP contribution >= 0.6 is 0 Å². The summed E-state index contributed by atoms with van der Waals surface area (Å²) in [4.78, 5) is 0. The molecule has 2 rings (SSSR count). The van der Waals surface area contributed by atoms with Gasteiger partial charge in [0.2, 0.25) is 0 Å². The van der Waals surface area contributed by atoms with Crippen molar-refractivity contribution in [2.75, 3.05) is 5.43 Å². The van der Waals surface area contributed by atoms with E-state index in [-0.39, 0.29) is 0 Å². The second-order valence-electron chi connectivity index (χ2n) is 2.21. The van der Waals surface area contributed by atoms with Gasteiger partial charge in [-0.25, -0.2) is 5.43 Å². The first kappa shape index (κ1) is 5.70. The molecule has 1 aromatic rings. The van der Waals surface area contributed by atoms with Crippen molar-refractivity contribution < 1.29 is 0 Å². The van der Waals surface area contributed by atoms with E-state index in [4.69, 9.17) is 5.73 Å². The average molecular weight is 134 g/mol. The summed E-state index contributed by atoms with van der Waals surface area (Å²) in [5, 5.41) is 0. The number of benzene rings is 1. The van der Waals surface area contributed by atoms with E-state index in [1.807, 2.05) is 24.3 Å². The largest absolute Gasteiger partial charge is 0.319 e. The first-order chi connectivity index (χ1) is 4.88. The Balaban J connectivity index is 2.51. The van der Waals surface area contributed by atoms with E-state index in [1.165, 1.54) is 0 Å². The maximum Gasteiger partial charge on any atom is 0.149 e. The minimum Gasteiger partial charge on any atom is -0.319 e. The van der Waals surface area contributed by atoms with E-state index in [0.29, 0.717) is 6.17 Å². The molecule has 0 atom stereocenters. The lowest BCUT2D eigenvalue weighted by atomic mass is 10.2. The standard InChI is InChI=1S/C7H8N3/c8-7-5-3-1-2-4-6(5)9-10-7/h1-4,9-10H,8H2. The van der Waals surface area contributed by atoms with E-state index in [2.05, 4.69) is 10.9 Å². The molecule has 1 aromatic carbocycles. The molecule has 0 spiro atoms. The van der Waals surface area contributed by atoms with Crippen LogP contribution in [-0.4, -0.2) is 0 Å². The molecule has 0 amide bonds. The Morgan fingerprint density at radius 2 is 1.90 bits per heavy atom. The van der Waals surface area contributed by atoms with Gasteiger partial charge in [0.25, 0.3) is 0 Å². The fourth-order valence-electron chi connectivity index (χ4n) is 1.03. The van der Waals surface area contributed by atoms with E-state index >= 15 is 0 Å². The van der Waals surface area contributed by atoms with E-state index < -0.39 is 0 Å². The highest BCUT2D eigenvalue weighted by Gasteiger charge is 2.16. The summed E-state index contributed by atoms with van der Waals surface area (Å²) in [6.45, 7) is 0. The second kappa shape index (κ2) is 1.97. The molecule has 3 heteroatoms. The molecule has 3 nitrogen and oxygen atoms in total. The van der Waals surface area contributed by atoms with Crippen molar-refractivity contribution in [2.45, 2.75) is 0 Å². The zero-order valence-electron chi connectivity index (χ0n) is 5.39. The molecule has 10 heavy (non-hydrogen) atoms. The van der Waals surface area contributed by atoms with Gasteiger partial charge in [0.1, 0.15) is 6.17 Å². The Labute approximate surface area is 59.2 Å². The van der Waals surface area contributed by atoms with Gasteiger partial charge < -0.3 is 11.2 Å². The van der Waals surface area contributed by atoms with Crippen LogP contribution in [0.3, 0.4) is 0 Å². The third kappa shape index (κ3) is 0.683. The molecule has 0 unspecified atom stereocenters. The summed E-state index contributed by atoms with van der Waals surface area (Å²) in [5.41, 5.74) is 13.4. The Bertz CT molecular complexity index is 246. The first-order valence-electron chi connectivity index (χ1n) is 3.12. The molecule has 0 saturated heterocycles. The molecule has 1 heterocycles. The van der Waals surface area contributed by atoms with Gasteiger partial charge in [0, 0.05) is 5.56 Å². The smallest absolute Gasteiger partial charge is 0.149 e. The monoisotopic (exact) mass is 134 g/mol. The van der Waals surface area contributed by atoms with E-state index in [1.54, 1.807) is 0 Å². The summed E-state index contributed by atoms with van der Waals surface area (Å²) >= 11 is 0. The number of hydrazine groups is 1. The number of anilines is 1. The van der Waals surface area contributed by atoms with Crippen molar-refractivity contribution in [3.05, 3.63) is 36.0 Å². The molecule has 0 fully saturated rings. The van der Waals surface area contributed by atoms with Gasteiger partial charge in [-0.1, -0.05) is 18.2 Å². The van der Waals surface area contributed by atoms with Crippen LogP contribution in [0, 0.1) is 6.17 Å². The lowest BCUT2D eigenvalue weighted by Crippen LogP contribution is -2.26. The van der Waals surface area contributed by atoms with Crippen molar-refractivity contribution in [1.29, 1.82) is 0 Å². The zero-order valence-corrected chi connectivity index (χ0v) is 5.39. The minimum absolute atomic E-state index is 0.690. The van der Waals surface area contributed by atoms with Crippen LogP contribution in [0.2, 0.25) is 0 Å². The predicted octanol–water partition coefficient (Wildman–Crippen LogP) is 0.413. The highest BCUT2D eigenvalue weighted by Crippen LogP contribution is 2.22. The number of hydrogen-bond donors (Lipinski definition) is 3. The number of para-hydroxylation sites is 1. The minimum atomic E-state index is 0.690. The topological polar surface area (TPSA) is 50.1 Å². The predicted molar refractivity (Wildman–Crippen MR) is 39.7 cm³/mol. The molecule has 0 aliphatic carbocycles. The van der Waals surface area contributed by atoms with Gasteiger partial charge in [-0.3, -0.25) is 0 Å². The van der Waals surface area contributed by atoms with Crippen LogP contribution in [-0.2, 0) is 0 Å². The van der Waals surface area contributed by atoms with Gasteiger partial charge in [0.05, 0.1) is 5.69 Å². The van der Waals surface area contributed by atoms with Crippen molar-refractivity contribution in [1.82, 2.24) is 5.43 Å². The number of nitrogens with two attached hydrogens (primary N) is 1. The molecule has 0 saturated carbocycles. The Hall–Kier alpha value is -1.06. The molecular weight excluding hydrogens is 126 g/mol. The number of nitrogens with one attached hydrogen (secondary N) is 2. The summed E-state index contributed by atoms with van der Waals surface area (Å²) < 4.78 is 0. The highest BCUT2D eigenvalue weighted by atomic mass is 15.4. The number of fused-ring (bicyclic) bond motifs is 1. The van der Waals surface area contributed by atoms with Crippen molar-refractivity contribution in [3.63, 3.8) is 0 Å². The lowest BCUT2D eigenvalue weighted by molar-refractivity contribution is 0.872. The summed E-state index contributed by atoms with van der Waals surface area (Å²) in [6.07, 6.45) is 0.690. The number of hydrogen-bond acceptors (Lipinski definition) is 3. The van der Waals surface area contributed by atoms with E-state index in [9.17, 15) is 0 Å². The molecule has 1 aliphatic heterocycles. The Kier molecular flexibility index (Phi) is 1.12. The normalized spacial score (nSPS) is 16.5. The molecule has 0 bridgehead atoms.